The van der Waals surface area contributed by atoms with Gasteiger partial charge < -0.3 is 9.84 Å². The number of thiophene rings is 1. The molecule has 6 heteroatoms. The quantitative estimate of drug-likeness (QED) is 0.781. The zero-order chi connectivity index (χ0) is 15.0. The molecule has 0 spiro atoms. The standard InChI is InChI=1S/C15H10ClNO3S/c1-20-8-2-3-11-9(6-8)10(15(18)19)7-12(17-11)13-4-5-14(16)21-13/h2-7H,1H3,(H,18,19). The SMILES string of the molecule is COc1ccc2nc(-c3ccc(Cl)s3)cc(C(=O)O)c2c1. The predicted molar refractivity (Wildman–Crippen MR) is 83.6 cm³/mol. The Balaban J connectivity index is 2.28. The first-order valence-electron chi connectivity index (χ1n) is 6.06. The molecule has 3 aromatic rings. The zero-order valence-corrected chi connectivity index (χ0v) is 12.5. The van der Waals surface area contributed by atoms with Gasteiger partial charge in [0.15, 0.2) is 0 Å². The molecule has 106 valence electrons. The summed E-state index contributed by atoms with van der Waals surface area (Å²) in [5, 5.41) is 9.98. The summed E-state index contributed by atoms with van der Waals surface area (Å²) in [4.78, 5) is 16.9. The maximum atomic E-state index is 11.5. The molecule has 0 aliphatic rings. The number of pyridine rings is 1. The van der Waals surface area contributed by atoms with Crippen LogP contribution < -0.4 is 4.74 Å². The number of ether oxygens (including phenoxy) is 1. The minimum Gasteiger partial charge on any atom is -0.497 e. The van der Waals surface area contributed by atoms with E-state index < -0.39 is 5.97 Å². The topological polar surface area (TPSA) is 59.4 Å². The van der Waals surface area contributed by atoms with Gasteiger partial charge in [0, 0.05) is 5.39 Å². The number of nitrogens with zero attached hydrogens (tertiary/aromatic N) is 1. The lowest BCUT2D eigenvalue weighted by atomic mass is 10.1. The van der Waals surface area contributed by atoms with Crippen molar-refractivity contribution < 1.29 is 14.6 Å². The maximum Gasteiger partial charge on any atom is 0.336 e. The molecule has 0 saturated heterocycles. The van der Waals surface area contributed by atoms with Crippen molar-refractivity contribution in [3.63, 3.8) is 0 Å². The molecule has 0 bridgehead atoms. The van der Waals surface area contributed by atoms with E-state index in [-0.39, 0.29) is 5.56 Å². The normalized spacial score (nSPS) is 10.8. The third kappa shape index (κ3) is 2.57. The molecule has 0 radical (unpaired) electrons. The Kier molecular flexibility index (Phi) is 3.53. The summed E-state index contributed by atoms with van der Waals surface area (Å²) >= 11 is 7.29. The van der Waals surface area contributed by atoms with Crippen LogP contribution in [0, 0.1) is 0 Å². The minimum absolute atomic E-state index is 0.193. The van der Waals surface area contributed by atoms with Gasteiger partial charge in [-0.3, -0.25) is 0 Å². The van der Waals surface area contributed by atoms with E-state index in [1.54, 1.807) is 30.3 Å². The van der Waals surface area contributed by atoms with E-state index >= 15 is 0 Å². The number of carboxylic acid groups (broad SMARTS) is 1. The lowest BCUT2D eigenvalue weighted by Gasteiger charge is -2.07. The molecule has 0 amide bonds. The number of hydrogen-bond donors (Lipinski definition) is 1. The van der Waals surface area contributed by atoms with Crippen LogP contribution in [0.3, 0.4) is 0 Å². The number of carboxylic acids is 1. The minimum atomic E-state index is -1.00. The van der Waals surface area contributed by atoms with Crippen LogP contribution in [0.2, 0.25) is 4.34 Å². The summed E-state index contributed by atoms with van der Waals surface area (Å²) < 4.78 is 5.78. The fourth-order valence-electron chi connectivity index (χ4n) is 2.09. The van der Waals surface area contributed by atoms with Gasteiger partial charge >= 0.3 is 5.97 Å². The van der Waals surface area contributed by atoms with Crippen molar-refractivity contribution in [2.45, 2.75) is 0 Å². The molecule has 1 N–H and O–H groups in total. The second-order valence-electron chi connectivity index (χ2n) is 4.35. The van der Waals surface area contributed by atoms with E-state index in [0.717, 1.165) is 4.88 Å². The average molecular weight is 320 g/mol. The van der Waals surface area contributed by atoms with E-state index in [2.05, 4.69) is 4.98 Å². The number of fused-ring (bicyclic) bond motifs is 1. The van der Waals surface area contributed by atoms with E-state index in [1.165, 1.54) is 18.4 Å². The number of halogens is 1. The molecule has 2 aromatic heterocycles. The fraction of sp³-hybridized carbons (Fsp3) is 0.0667. The van der Waals surface area contributed by atoms with Gasteiger partial charge in [0.05, 0.1) is 33.1 Å². The van der Waals surface area contributed by atoms with Gasteiger partial charge in [0.2, 0.25) is 0 Å². The summed E-state index contributed by atoms with van der Waals surface area (Å²) in [6, 6.07) is 10.3. The highest BCUT2D eigenvalue weighted by Gasteiger charge is 2.14. The average Bonchev–Trinajstić information content (AvgIpc) is 2.92. The predicted octanol–water partition coefficient (Wildman–Crippen LogP) is 4.32. The first kappa shape index (κ1) is 13.9. The Hall–Kier alpha value is -2.11. The van der Waals surface area contributed by atoms with E-state index in [1.807, 2.05) is 6.07 Å². The Morgan fingerprint density at radius 2 is 2.10 bits per heavy atom. The van der Waals surface area contributed by atoms with Gasteiger partial charge in [-0.1, -0.05) is 11.6 Å². The Labute approximate surface area is 129 Å². The highest BCUT2D eigenvalue weighted by molar-refractivity contribution is 7.19. The van der Waals surface area contributed by atoms with Crippen molar-refractivity contribution >= 4 is 39.8 Å². The maximum absolute atomic E-state index is 11.5. The van der Waals surface area contributed by atoms with Crippen molar-refractivity contribution in [2.75, 3.05) is 7.11 Å². The molecule has 0 aliphatic heterocycles. The van der Waals surface area contributed by atoms with Crippen molar-refractivity contribution in [3.05, 3.63) is 46.3 Å². The molecule has 1 aromatic carbocycles. The van der Waals surface area contributed by atoms with Gasteiger partial charge in [-0.25, -0.2) is 9.78 Å². The van der Waals surface area contributed by atoms with Crippen molar-refractivity contribution in [3.8, 4) is 16.3 Å². The first-order chi connectivity index (χ1) is 10.1. The second-order valence-corrected chi connectivity index (χ2v) is 6.06. The highest BCUT2D eigenvalue weighted by Crippen LogP contribution is 2.33. The van der Waals surface area contributed by atoms with Gasteiger partial charge in [-0.15, -0.1) is 11.3 Å². The molecule has 2 heterocycles. The molecule has 4 nitrogen and oxygen atoms in total. The fourth-order valence-corrected chi connectivity index (χ4v) is 3.09. The molecular weight excluding hydrogens is 310 g/mol. The van der Waals surface area contributed by atoms with Crippen molar-refractivity contribution in [1.82, 2.24) is 4.98 Å². The van der Waals surface area contributed by atoms with Crippen molar-refractivity contribution in [2.24, 2.45) is 0 Å². The van der Waals surface area contributed by atoms with Crippen LogP contribution in [-0.4, -0.2) is 23.2 Å². The molecule has 0 saturated carbocycles. The van der Waals surface area contributed by atoms with Crippen LogP contribution in [0.1, 0.15) is 10.4 Å². The smallest absolute Gasteiger partial charge is 0.336 e. The van der Waals surface area contributed by atoms with Gasteiger partial charge in [0.25, 0.3) is 0 Å². The Morgan fingerprint density at radius 1 is 1.29 bits per heavy atom. The van der Waals surface area contributed by atoms with Crippen LogP contribution in [-0.2, 0) is 0 Å². The number of aromatic nitrogens is 1. The van der Waals surface area contributed by atoms with Crippen LogP contribution >= 0.6 is 22.9 Å². The third-order valence-corrected chi connectivity index (χ3v) is 4.33. The van der Waals surface area contributed by atoms with Crippen LogP contribution in [0.4, 0.5) is 0 Å². The summed E-state index contributed by atoms with van der Waals surface area (Å²) in [5.74, 6) is -0.404. The summed E-state index contributed by atoms with van der Waals surface area (Å²) in [6.45, 7) is 0. The molecule has 0 atom stereocenters. The Morgan fingerprint density at radius 3 is 2.71 bits per heavy atom. The van der Waals surface area contributed by atoms with Gasteiger partial charge in [-0.2, -0.15) is 0 Å². The van der Waals surface area contributed by atoms with E-state index in [9.17, 15) is 9.90 Å². The summed E-state index contributed by atoms with van der Waals surface area (Å²) in [6.07, 6.45) is 0. The third-order valence-electron chi connectivity index (χ3n) is 3.07. The lowest BCUT2D eigenvalue weighted by molar-refractivity contribution is 0.0699. The number of rotatable bonds is 3. The van der Waals surface area contributed by atoms with Gasteiger partial charge in [-0.05, 0) is 36.4 Å². The lowest BCUT2D eigenvalue weighted by Crippen LogP contribution is -2.00. The molecule has 0 unspecified atom stereocenters. The number of methoxy groups -OCH3 is 1. The molecule has 0 fully saturated rings. The number of benzene rings is 1. The van der Waals surface area contributed by atoms with E-state index in [0.29, 0.717) is 26.7 Å². The molecule has 0 aliphatic carbocycles. The van der Waals surface area contributed by atoms with Crippen LogP contribution in [0.25, 0.3) is 21.5 Å². The van der Waals surface area contributed by atoms with Gasteiger partial charge in [0.1, 0.15) is 5.75 Å². The van der Waals surface area contributed by atoms with Crippen LogP contribution in [0.15, 0.2) is 36.4 Å². The molecular formula is C15H10ClNO3S. The second kappa shape index (κ2) is 5.35. The monoisotopic (exact) mass is 319 g/mol. The number of aromatic carboxylic acids is 1. The van der Waals surface area contributed by atoms with Crippen LogP contribution in [0.5, 0.6) is 5.75 Å². The number of carbonyl (C=O) groups is 1. The van der Waals surface area contributed by atoms with Crippen molar-refractivity contribution in [1.29, 1.82) is 0 Å². The molecule has 3 rings (SSSR count). The summed E-state index contributed by atoms with van der Waals surface area (Å²) in [7, 11) is 1.54. The first-order valence-corrected chi connectivity index (χ1v) is 7.26. The van der Waals surface area contributed by atoms with E-state index in [4.69, 9.17) is 16.3 Å². The summed E-state index contributed by atoms with van der Waals surface area (Å²) in [5.41, 5.74) is 1.40. The number of hydrogen-bond acceptors (Lipinski definition) is 4. The zero-order valence-electron chi connectivity index (χ0n) is 11.0. The largest absolute Gasteiger partial charge is 0.497 e. The Bertz CT molecular complexity index is 844. The molecule has 21 heavy (non-hydrogen) atoms. The highest BCUT2D eigenvalue weighted by atomic mass is 35.5.